The van der Waals surface area contributed by atoms with E-state index >= 15 is 0 Å². The van der Waals surface area contributed by atoms with Crippen molar-refractivity contribution < 1.29 is 13.9 Å². The lowest BCUT2D eigenvalue weighted by Gasteiger charge is -2.12. The maximum absolute atomic E-state index is 12.5. The molecule has 25 heavy (non-hydrogen) atoms. The predicted octanol–water partition coefficient (Wildman–Crippen LogP) is 1.87. The third-order valence-electron chi connectivity index (χ3n) is 4.23. The third-order valence-corrected chi connectivity index (χ3v) is 4.23. The highest BCUT2D eigenvalue weighted by molar-refractivity contribution is 5.91. The van der Waals surface area contributed by atoms with E-state index in [1.807, 2.05) is 24.3 Å². The molecule has 8 nitrogen and oxygen atoms in total. The Labute approximate surface area is 144 Å². The molecule has 2 aromatic heterocycles. The van der Waals surface area contributed by atoms with Crippen LogP contribution in [-0.4, -0.2) is 50.5 Å². The summed E-state index contributed by atoms with van der Waals surface area (Å²) in [5.74, 6) is 0.268. The van der Waals surface area contributed by atoms with Gasteiger partial charge >= 0.3 is 0 Å². The van der Waals surface area contributed by atoms with Crippen molar-refractivity contribution in [1.29, 1.82) is 0 Å². The minimum atomic E-state index is -0.221. The number of benzene rings is 1. The Hall–Kier alpha value is -2.74. The number of aromatic nitrogens is 4. The quantitative estimate of drug-likeness (QED) is 0.704. The van der Waals surface area contributed by atoms with E-state index in [9.17, 15) is 4.79 Å². The van der Waals surface area contributed by atoms with Crippen LogP contribution in [0.4, 0.5) is 0 Å². The molecular formula is C17H19N5O3. The number of oxazole rings is 1. The second kappa shape index (κ2) is 6.64. The first-order chi connectivity index (χ1) is 12.2. The van der Waals surface area contributed by atoms with E-state index in [1.165, 1.54) is 4.90 Å². The molecule has 0 saturated carbocycles. The Kier molecular flexibility index (Phi) is 4.19. The van der Waals surface area contributed by atoms with Gasteiger partial charge in [0, 0.05) is 13.7 Å². The van der Waals surface area contributed by atoms with Gasteiger partial charge in [0.2, 0.25) is 5.89 Å². The van der Waals surface area contributed by atoms with Crippen molar-refractivity contribution in [3.8, 4) is 0 Å². The van der Waals surface area contributed by atoms with Gasteiger partial charge in [-0.15, -0.1) is 5.10 Å². The Morgan fingerprint density at radius 2 is 2.28 bits per heavy atom. The first-order valence-corrected chi connectivity index (χ1v) is 8.31. The Morgan fingerprint density at radius 3 is 3.08 bits per heavy atom. The van der Waals surface area contributed by atoms with E-state index in [4.69, 9.17) is 9.15 Å². The van der Waals surface area contributed by atoms with Gasteiger partial charge in [-0.25, -0.2) is 9.67 Å². The van der Waals surface area contributed by atoms with E-state index in [0.29, 0.717) is 23.7 Å². The summed E-state index contributed by atoms with van der Waals surface area (Å²) in [5, 5.41) is 8.00. The van der Waals surface area contributed by atoms with Gasteiger partial charge in [0.1, 0.15) is 5.52 Å². The zero-order chi connectivity index (χ0) is 17.2. The highest BCUT2D eigenvalue weighted by Gasteiger charge is 2.20. The molecule has 0 aliphatic carbocycles. The first kappa shape index (κ1) is 15.8. The molecule has 1 fully saturated rings. The Morgan fingerprint density at radius 1 is 1.40 bits per heavy atom. The smallest absolute Gasteiger partial charge is 0.276 e. The number of carbonyl (C=O) groups excluding carboxylic acids is 1. The van der Waals surface area contributed by atoms with Crippen molar-refractivity contribution in [3.63, 3.8) is 0 Å². The molecule has 0 N–H and O–H groups in total. The summed E-state index contributed by atoms with van der Waals surface area (Å²) in [4.78, 5) is 18.4. The lowest BCUT2D eigenvalue weighted by molar-refractivity contribution is 0.0767. The van der Waals surface area contributed by atoms with Gasteiger partial charge in [-0.1, -0.05) is 17.3 Å². The van der Waals surface area contributed by atoms with E-state index in [2.05, 4.69) is 15.3 Å². The van der Waals surface area contributed by atoms with E-state index < -0.39 is 0 Å². The van der Waals surface area contributed by atoms with Crippen LogP contribution in [0.3, 0.4) is 0 Å². The summed E-state index contributed by atoms with van der Waals surface area (Å²) in [6.45, 7) is 1.68. The van der Waals surface area contributed by atoms with Gasteiger partial charge in [0.05, 0.1) is 25.4 Å². The third kappa shape index (κ3) is 3.39. The maximum atomic E-state index is 12.5. The number of carbonyl (C=O) groups is 1. The van der Waals surface area contributed by atoms with Gasteiger partial charge in [0.25, 0.3) is 5.91 Å². The normalized spacial score (nSPS) is 17.2. The predicted molar refractivity (Wildman–Crippen MR) is 88.8 cm³/mol. The number of hydrogen-bond donors (Lipinski definition) is 0. The molecule has 4 rings (SSSR count). The molecule has 130 valence electrons. The van der Waals surface area contributed by atoms with Gasteiger partial charge in [0.15, 0.2) is 11.3 Å². The van der Waals surface area contributed by atoms with Crippen LogP contribution in [0.15, 0.2) is 34.9 Å². The number of para-hydroxylation sites is 2. The fourth-order valence-corrected chi connectivity index (χ4v) is 2.94. The molecule has 1 amide bonds. The Balaban J connectivity index is 1.42. The van der Waals surface area contributed by atoms with Gasteiger partial charge in [-0.05, 0) is 25.0 Å². The number of amides is 1. The van der Waals surface area contributed by atoms with Crippen molar-refractivity contribution in [1.82, 2.24) is 24.9 Å². The van der Waals surface area contributed by atoms with Crippen molar-refractivity contribution in [2.24, 2.45) is 0 Å². The highest BCUT2D eigenvalue weighted by atomic mass is 16.5. The van der Waals surface area contributed by atoms with Crippen LogP contribution in [0.2, 0.25) is 0 Å². The molecule has 3 aromatic rings. The van der Waals surface area contributed by atoms with Crippen LogP contribution in [0, 0.1) is 0 Å². The molecular weight excluding hydrogens is 322 g/mol. The van der Waals surface area contributed by atoms with Crippen molar-refractivity contribution in [2.75, 3.05) is 13.7 Å². The number of rotatable bonds is 5. The van der Waals surface area contributed by atoms with Crippen LogP contribution in [0.5, 0.6) is 0 Å². The van der Waals surface area contributed by atoms with Crippen molar-refractivity contribution >= 4 is 17.0 Å². The fourth-order valence-electron chi connectivity index (χ4n) is 2.94. The minimum Gasteiger partial charge on any atom is -0.439 e. The lowest BCUT2D eigenvalue weighted by atomic mass is 10.2. The monoisotopic (exact) mass is 341 g/mol. The minimum absolute atomic E-state index is 0.155. The van der Waals surface area contributed by atoms with Crippen LogP contribution in [0.25, 0.3) is 11.1 Å². The summed E-state index contributed by atoms with van der Waals surface area (Å²) in [7, 11) is 1.69. The fraction of sp³-hybridized carbons (Fsp3) is 0.412. The topological polar surface area (TPSA) is 86.3 Å². The molecule has 1 aromatic carbocycles. The van der Waals surface area contributed by atoms with Gasteiger partial charge in [-0.3, -0.25) is 4.79 Å². The molecule has 3 heterocycles. The standard InChI is InChI=1S/C17H19N5O3/c1-21(11-16-18-13-6-2-3-7-15(13)25-16)17(23)14-10-22(20-19-14)9-12-5-4-8-24-12/h2-3,6-7,10,12H,4-5,8-9,11H2,1H3/t12-/m0/s1. The van der Waals surface area contributed by atoms with E-state index in [-0.39, 0.29) is 18.6 Å². The summed E-state index contributed by atoms with van der Waals surface area (Å²) in [6, 6.07) is 7.51. The molecule has 0 unspecified atom stereocenters. The van der Waals surface area contributed by atoms with Gasteiger partial charge < -0.3 is 14.1 Å². The SMILES string of the molecule is CN(Cc1nc2ccccc2o1)C(=O)c1cn(C[C@@H]2CCCO2)nn1. The maximum Gasteiger partial charge on any atom is 0.276 e. The summed E-state index contributed by atoms with van der Waals surface area (Å²) in [6.07, 6.45) is 3.90. The average molecular weight is 341 g/mol. The number of ether oxygens (including phenoxy) is 1. The number of hydrogen-bond acceptors (Lipinski definition) is 6. The molecule has 1 atom stereocenters. The van der Waals surface area contributed by atoms with Crippen LogP contribution >= 0.6 is 0 Å². The molecule has 0 spiro atoms. The number of fused-ring (bicyclic) bond motifs is 1. The molecule has 1 aliphatic rings. The molecule has 0 bridgehead atoms. The second-order valence-corrected chi connectivity index (χ2v) is 6.20. The zero-order valence-electron chi connectivity index (χ0n) is 14.0. The van der Waals surface area contributed by atoms with E-state index in [1.54, 1.807) is 17.9 Å². The summed E-state index contributed by atoms with van der Waals surface area (Å²) >= 11 is 0. The van der Waals surface area contributed by atoms with Gasteiger partial charge in [-0.2, -0.15) is 0 Å². The van der Waals surface area contributed by atoms with Crippen LogP contribution < -0.4 is 0 Å². The largest absolute Gasteiger partial charge is 0.439 e. The molecule has 0 radical (unpaired) electrons. The number of nitrogens with zero attached hydrogens (tertiary/aromatic N) is 5. The summed E-state index contributed by atoms with van der Waals surface area (Å²) in [5.41, 5.74) is 1.79. The molecule has 8 heteroatoms. The highest BCUT2D eigenvalue weighted by Crippen LogP contribution is 2.16. The molecule has 1 saturated heterocycles. The lowest BCUT2D eigenvalue weighted by Crippen LogP contribution is -2.26. The van der Waals surface area contributed by atoms with Crippen LogP contribution in [-0.2, 0) is 17.8 Å². The average Bonchev–Trinajstić information content (AvgIpc) is 3.34. The molecule has 1 aliphatic heterocycles. The van der Waals surface area contributed by atoms with E-state index in [0.717, 1.165) is 25.0 Å². The van der Waals surface area contributed by atoms with Crippen molar-refractivity contribution in [2.45, 2.75) is 32.0 Å². The first-order valence-electron chi connectivity index (χ1n) is 8.31. The zero-order valence-corrected chi connectivity index (χ0v) is 14.0. The second-order valence-electron chi connectivity index (χ2n) is 6.20. The summed E-state index contributed by atoms with van der Waals surface area (Å²) < 4.78 is 12.9. The Bertz CT molecular complexity index is 848. The van der Waals surface area contributed by atoms with Crippen molar-refractivity contribution in [3.05, 3.63) is 42.0 Å². The van der Waals surface area contributed by atoms with Crippen LogP contribution in [0.1, 0.15) is 29.2 Å².